The zero-order valence-electron chi connectivity index (χ0n) is 28.9. The molecule has 0 spiro atoms. The second kappa shape index (κ2) is 17.2. The Morgan fingerprint density at radius 1 is 1.04 bits per heavy atom. The van der Waals surface area contributed by atoms with E-state index in [4.69, 9.17) is 19.5 Å². The Morgan fingerprint density at radius 3 is 2.47 bits per heavy atom. The summed E-state index contributed by atoms with van der Waals surface area (Å²) in [5.41, 5.74) is 0.570. The highest BCUT2D eigenvalue weighted by Crippen LogP contribution is 2.31. The number of rotatable bonds is 12. The molecule has 1 aromatic carbocycles. The molecule has 0 N–H and O–H groups in total. The number of Topliss-reactive ketones (excluding diaryl/α,β-unsaturated/α-hetero) is 1. The summed E-state index contributed by atoms with van der Waals surface area (Å²) in [6.45, 7) is 7.77. The quantitative estimate of drug-likeness (QED) is 0.250. The topological polar surface area (TPSA) is 139 Å². The van der Waals surface area contributed by atoms with Crippen molar-refractivity contribution in [1.82, 2.24) is 14.8 Å². The van der Waals surface area contributed by atoms with Crippen LogP contribution in [-0.4, -0.2) is 77.4 Å². The van der Waals surface area contributed by atoms with Gasteiger partial charge in [0.05, 0.1) is 25.3 Å². The summed E-state index contributed by atoms with van der Waals surface area (Å²) in [5, 5.41) is 8.96. The number of pyridine rings is 1. The zero-order valence-corrected chi connectivity index (χ0v) is 28.9. The molecule has 0 aliphatic carbocycles. The van der Waals surface area contributed by atoms with E-state index in [0.717, 1.165) is 25.7 Å². The molecular formula is C37H47FN4O7. The lowest BCUT2D eigenvalue weighted by Gasteiger charge is -2.35. The third-order valence-electron chi connectivity index (χ3n) is 9.12. The van der Waals surface area contributed by atoms with Gasteiger partial charge in [-0.3, -0.25) is 19.4 Å². The number of benzene rings is 1. The van der Waals surface area contributed by atoms with Crippen molar-refractivity contribution in [1.29, 1.82) is 5.26 Å². The van der Waals surface area contributed by atoms with Gasteiger partial charge in [0.15, 0.2) is 0 Å². The first kappa shape index (κ1) is 37.3. The highest BCUT2D eigenvalue weighted by molar-refractivity contribution is 5.84. The molecule has 11 nitrogen and oxygen atoms in total. The number of ether oxygens (including phenoxy) is 3. The van der Waals surface area contributed by atoms with Crippen LogP contribution in [0.4, 0.5) is 9.18 Å². The molecule has 2 aromatic rings. The lowest BCUT2D eigenvalue weighted by atomic mass is 9.84. The Morgan fingerprint density at radius 2 is 1.80 bits per heavy atom. The van der Waals surface area contributed by atoms with Crippen LogP contribution in [0.1, 0.15) is 94.7 Å². The lowest BCUT2D eigenvalue weighted by Crippen LogP contribution is -2.43. The first-order valence-corrected chi connectivity index (χ1v) is 17.0. The fourth-order valence-corrected chi connectivity index (χ4v) is 6.33. The van der Waals surface area contributed by atoms with Gasteiger partial charge >= 0.3 is 12.1 Å². The van der Waals surface area contributed by atoms with Crippen LogP contribution in [0.25, 0.3) is 0 Å². The van der Waals surface area contributed by atoms with Gasteiger partial charge in [0.25, 0.3) is 0 Å². The average Bonchev–Trinajstić information content (AvgIpc) is 3.09. The summed E-state index contributed by atoms with van der Waals surface area (Å²) in [6, 6.07) is 7.73. The number of piperidine rings is 2. The molecule has 12 heteroatoms. The monoisotopic (exact) mass is 678 g/mol. The Bertz CT molecular complexity index is 1530. The second-order valence-corrected chi connectivity index (χ2v) is 13.9. The molecule has 0 unspecified atom stereocenters. The zero-order chi connectivity index (χ0) is 35.6. The molecule has 2 aliphatic heterocycles. The average molecular weight is 679 g/mol. The van der Waals surface area contributed by atoms with Gasteiger partial charge in [-0.2, -0.15) is 5.26 Å². The molecule has 3 heterocycles. The molecule has 2 aliphatic rings. The second-order valence-electron chi connectivity index (χ2n) is 13.9. The van der Waals surface area contributed by atoms with Gasteiger partial charge in [-0.15, -0.1) is 0 Å². The van der Waals surface area contributed by atoms with Gasteiger partial charge < -0.3 is 24.0 Å². The van der Waals surface area contributed by atoms with Crippen LogP contribution in [0.3, 0.4) is 0 Å². The maximum absolute atomic E-state index is 14.0. The van der Waals surface area contributed by atoms with E-state index in [9.17, 15) is 23.6 Å². The molecule has 4 rings (SSSR count). The number of carbonyl (C=O) groups excluding carboxylic acids is 4. The predicted molar refractivity (Wildman–Crippen MR) is 178 cm³/mol. The number of esters is 1. The normalized spacial score (nSPS) is 17.5. The number of carbonyl (C=O) groups is 4. The van der Waals surface area contributed by atoms with Gasteiger partial charge in [0.1, 0.15) is 35.6 Å². The van der Waals surface area contributed by atoms with Crippen LogP contribution >= 0.6 is 0 Å². The van der Waals surface area contributed by atoms with Crippen LogP contribution < -0.4 is 4.74 Å². The van der Waals surface area contributed by atoms with Gasteiger partial charge in [0.2, 0.25) is 5.91 Å². The van der Waals surface area contributed by atoms with Crippen molar-refractivity contribution >= 4 is 23.8 Å². The Kier molecular flexibility index (Phi) is 13.1. The SMILES string of the molecule is COC(=O)C[C@H](CC(=O)[C@@H]1CCCN(C(=O)CCC2CCN(C(=O)OC(C)(C)C)CC2)C1)c1cncc(OCc2ccc(C#N)c(F)c2)c1. The largest absolute Gasteiger partial charge is 0.487 e. The van der Waals surface area contributed by atoms with Gasteiger partial charge in [-0.25, -0.2) is 9.18 Å². The van der Waals surface area contributed by atoms with E-state index >= 15 is 0 Å². The van der Waals surface area contributed by atoms with Crippen LogP contribution in [0.5, 0.6) is 5.75 Å². The summed E-state index contributed by atoms with van der Waals surface area (Å²) in [7, 11) is 1.30. The third kappa shape index (κ3) is 11.3. The number of aromatic nitrogens is 1. The molecule has 2 saturated heterocycles. The smallest absolute Gasteiger partial charge is 0.410 e. The summed E-state index contributed by atoms with van der Waals surface area (Å²) in [6.07, 6.45) is 7.00. The summed E-state index contributed by atoms with van der Waals surface area (Å²) < 4.78 is 30.3. The van der Waals surface area contributed by atoms with E-state index in [2.05, 4.69) is 4.98 Å². The lowest BCUT2D eigenvalue weighted by molar-refractivity contribution is -0.141. The highest BCUT2D eigenvalue weighted by Gasteiger charge is 2.32. The molecule has 49 heavy (non-hydrogen) atoms. The van der Waals surface area contributed by atoms with Gasteiger partial charge in [0, 0.05) is 57.1 Å². The minimum Gasteiger partial charge on any atom is -0.487 e. The van der Waals surface area contributed by atoms with E-state index in [-0.39, 0.29) is 48.7 Å². The summed E-state index contributed by atoms with van der Waals surface area (Å²) in [5.74, 6) is -1.21. The van der Waals surface area contributed by atoms with E-state index in [1.165, 1.54) is 25.4 Å². The number of halogens is 1. The van der Waals surface area contributed by atoms with Crippen LogP contribution in [0.15, 0.2) is 36.7 Å². The first-order valence-electron chi connectivity index (χ1n) is 17.0. The standard InChI is InChI=1S/C37H47FN4O7/c1-37(2,3)49-36(46)41-14-11-25(12-15-41)8-10-34(44)42-13-5-6-28(23-42)33(43)18-29(19-35(45)47-4)30-17-31(22-40-21-30)48-24-26-7-9-27(20-39)32(38)16-26/h7,9,16-17,21-22,25,28-29H,5-6,8,10-15,18-19,23-24H2,1-4H3/t28-,29+/m1/s1. The number of nitrogens with zero attached hydrogens (tertiary/aromatic N) is 4. The molecule has 0 bridgehead atoms. The Hall–Kier alpha value is -4.53. The van der Waals surface area contributed by atoms with E-state index in [0.29, 0.717) is 61.8 Å². The van der Waals surface area contributed by atoms with E-state index in [1.54, 1.807) is 34.2 Å². The number of nitriles is 1. The number of likely N-dealkylation sites (tertiary alicyclic amines) is 2. The molecule has 2 fully saturated rings. The van der Waals surface area contributed by atoms with Gasteiger partial charge in [-0.05, 0) is 88.1 Å². The van der Waals surface area contributed by atoms with E-state index in [1.807, 2.05) is 20.8 Å². The van der Waals surface area contributed by atoms with Crippen molar-refractivity contribution in [3.8, 4) is 11.8 Å². The number of hydrogen-bond acceptors (Lipinski definition) is 9. The van der Waals surface area contributed by atoms with E-state index < -0.39 is 23.3 Å². The number of hydrogen-bond donors (Lipinski definition) is 0. The summed E-state index contributed by atoms with van der Waals surface area (Å²) in [4.78, 5) is 59.4. The highest BCUT2D eigenvalue weighted by atomic mass is 19.1. The van der Waals surface area contributed by atoms with Crippen molar-refractivity contribution < 1.29 is 37.8 Å². The fraction of sp³-hybridized carbons (Fsp3) is 0.568. The third-order valence-corrected chi connectivity index (χ3v) is 9.12. The van der Waals surface area contributed by atoms with Crippen LogP contribution in [-0.2, 0) is 30.5 Å². The first-order chi connectivity index (χ1) is 23.3. The molecule has 2 amide bonds. The van der Waals surface area contributed by atoms with Crippen molar-refractivity contribution in [3.63, 3.8) is 0 Å². The molecule has 264 valence electrons. The van der Waals surface area contributed by atoms with Crippen LogP contribution in [0, 0.1) is 29.0 Å². The number of ketones is 1. The Balaban J connectivity index is 1.30. The molecule has 0 radical (unpaired) electrons. The predicted octanol–water partition coefficient (Wildman–Crippen LogP) is 5.94. The Labute approximate surface area is 287 Å². The molecular weight excluding hydrogens is 631 g/mol. The van der Waals surface area contributed by atoms with Crippen molar-refractivity contribution in [2.24, 2.45) is 11.8 Å². The summed E-state index contributed by atoms with van der Waals surface area (Å²) >= 11 is 0. The minimum absolute atomic E-state index is 0.0275. The molecule has 1 aromatic heterocycles. The van der Waals surface area contributed by atoms with Gasteiger partial charge in [-0.1, -0.05) is 6.07 Å². The molecule has 2 atom stereocenters. The van der Waals surface area contributed by atoms with Crippen molar-refractivity contribution in [2.45, 2.75) is 90.3 Å². The maximum Gasteiger partial charge on any atom is 0.410 e. The van der Waals surface area contributed by atoms with Crippen LogP contribution in [0.2, 0.25) is 0 Å². The number of amides is 2. The van der Waals surface area contributed by atoms with Crippen molar-refractivity contribution in [3.05, 3.63) is 59.2 Å². The number of methoxy groups -OCH3 is 1. The van der Waals surface area contributed by atoms with Crippen molar-refractivity contribution in [2.75, 3.05) is 33.3 Å². The maximum atomic E-state index is 14.0. The minimum atomic E-state index is -0.632. The fourth-order valence-electron chi connectivity index (χ4n) is 6.33. The molecule has 0 saturated carbocycles.